The van der Waals surface area contributed by atoms with Gasteiger partial charge in [0.25, 0.3) is 8.32 Å². The molecule has 1 saturated heterocycles. The molecule has 2 aromatic carbocycles. The maximum absolute atomic E-state index is 9.83. The Hall–Kier alpha value is -1.46. The van der Waals surface area contributed by atoms with Crippen molar-refractivity contribution in [1.29, 1.82) is 0 Å². The summed E-state index contributed by atoms with van der Waals surface area (Å²) < 4.78 is 12.2. The van der Waals surface area contributed by atoms with Gasteiger partial charge in [0.15, 0.2) is 0 Å². The number of aliphatic hydroxyl groups excluding tert-OH is 1. The number of ether oxygens (including phenoxy) is 1. The fourth-order valence-corrected chi connectivity index (χ4v) is 8.31. The first-order valence-electron chi connectivity index (χ1n) is 8.87. The molecule has 0 aliphatic carbocycles. The Labute approximate surface area is 151 Å². The molecule has 134 valence electrons. The van der Waals surface area contributed by atoms with E-state index in [1.165, 1.54) is 10.4 Å². The second-order valence-corrected chi connectivity index (χ2v) is 12.4. The third kappa shape index (κ3) is 3.32. The van der Waals surface area contributed by atoms with Crippen LogP contribution in [0.2, 0.25) is 5.04 Å². The Morgan fingerprint density at radius 3 is 1.76 bits per heavy atom. The van der Waals surface area contributed by atoms with Gasteiger partial charge in [0.2, 0.25) is 0 Å². The van der Waals surface area contributed by atoms with Gasteiger partial charge in [0.1, 0.15) is 0 Å². The van der Waals surface area contributed by atoms with E-state index in [2.05, 4.69) is 69.3 Å². The molecule has 0 spiro atoms. The molecule has 0 aromatic heterocycles. The summed E-state index contributed by atoms with van der Waals surface area (Å²) in [4.78, 5) is 0. The third-order valence-corrected chi connectivity index (χ3v) is 10.1. The van der Waals surface area contributed by atoms with Gasteiger partial charge < -0.3 is 14.3 Å². The molecule has 1 heterocycles. The molecular weight excluding hydrogens is 328 g/mol. The first-order valence-corrected chi connectivity index (χ1v) is 10.8. The highest BCUT2D eigenvalue weighted by atomic mass is 28.4. The van der Waals surface area contributed by atoms with E-state index in [1.54, 1.807) is 0 Å². The summed E-state index contributed by atoms with van der Waals surface area (Å²) in [6.45, 7) is 8.57. The predicted molar refractivity (Wildman–Crippen MR) is 104 cm³/mol. The van der Waals surface area contributed by atoms with Crippen LogP contribution in [0.25, 0.3) is 0 Å². The predicted octanol–water partition coefficient (Wildman–Crippen LogP) is 2.57. The molecule has 25 heavy (non-hydrogen) atoms. The zero-order valence-corrected chi connectivity index (χ0v) is 16.4. The molecule has 4 heteroatoms. The molecule has 3 rings (SSSR count). The van der Waals surface area contributed by atoms with Crippen LogP contribution in [0.3, 0.4) is 0 Å². The van der Waals surface area contributed by atoms with Crippen molar-refractivity contribution in [3.05, 3.63) is 60.7 Å². The number of aliphatic hydroxyl groups is 1. The Bertz CT molecular complexity index is 630. The van der Waals surface area contributed by atoms with Gasteiger partial charge in [-0.2, -0.15) is 0 Å². The van der Waals surface area contributed by atoms with E-state index in [0.29, 0.717) is 19.8 Å². The molecule has 1 N–H and O–H groups in total. The Kier molecular flexibility index (Phi) is 5.16. The molecule has 2 aromatic rings. The van der Waals surface area contributed by atoms with Crippen molar-refractivity contribution in [2.24, 2.45) is 5.41 Å². The van der Waals surface area contributed by atoms with E-state index >= 15 is 0 Å². The summed E-state index contributed by atoms with van der Waals surface area (Å²) in [7, 11) is -2.52. The maximum atomic E-state index is 9.83. The molecule has 0 unspecified atom stereocenters. The van der Waals surface area contributed by atoms with Gasteiger partial charge in [-0.25, -0.2) is 0 Å². The normalized spacial score (nSPS) is 17.1. The summed E-state index contributed by atoms with van der Waals surface area (Å²) in [5.41, 5.74) is -0.257. The van der Waals surface area contributed by atoms with Gasteiger partial charge in [-0.1, -0.05) is 81.4 Å². The molecule has 0 radical (unpaired) electrons. The third-order valence-electron chi connectivity index (χ3n) is 5.16. The Balaban J connectivity index is 2.09. The standard InChI is InChI=1S/C21H28O3Si/c1-20(2,3)25(18-10-6-4-7-11-18,19-12-8-5-9-13-19)24-17-21(14-22)15-23-16-21/h4-13,22H,14-17H2,1-3H3. The number of hydrogen-bond donors (Lipinski definition) is 1. The minimum absolute atomic E-state index is 0.0447. The minimum Gasteiger partial charge on any atom is -0.407 e. The van der Waals surface area contributed by atoms with Crippen LogP contribution in [0.4, 0.5) is 0 Å². The van der Waals surface area contributed by atoms with Crippen LogP contribution in [0.15, 0.2) is 60.7 Å². The Morgan fingerprint density at radius 2 is 1.44 bits per heavy atom. The first-order chi connectivity index (χ1) is 11.9. The summed E-state index contributed by atoms with van der Waals surface area (Å²) in [6, 6.07) is 21.2. The molecule has 0 saturated carbocycles. The van der Waals surface area contributed by atoms with Crippen molar-refractivity contribution in [2.75, 3.05) is 26.4 Å². The van der Waals surface area contributed by atoms with Gasteiger partial charge in [0, 0.05) is 6.61 Å². The second-order valence-electron chi connectivity index (χ2n) is 8.10. The zero-order valence-electron chi connectivity index (χ0n) is 15.4. The van der Waals surface area contributed by atoms with Crippen LogP contribution in [0.1, 0.15) is 20.8 Å². The lowest BCUT2D eigenvalue weighted by molar-refractivity contribution is -0.154. The monoisotopic (exact) mass is 356 g/mol. The minimum atomic E-state index is -2.52. The van der Waals surface area contributed by atoms with E-state index in [1.807, 2.05) is 12.1 Å². The lowest BCUT2D eigenvalue weighted by Crippen LogP contribution is -2.68. The van der Waals surface area contributed by atoms with Crippen LogP contribution in [-0.2, 0) is 9.16 Å². The zero-order chi connectivity index (χ0) is 18.0. The van der Waals surface area contributed by atoms with Crippen molar-refractivity contribution < 1.29 is 14.3 Å². The molecule has 1 fully saturated rings. The largest absolute Gasteiger partial charge is 0.407 e. The summed E-state index contributed by atoms with van der Waals surface area (Å²) >= 11 is 0. The maximum Gasteiger partial charge on any atom is 0.261 e. The van der Waals surface area contributed by atoms with Crippen LogP contribution < -0.4 is 10.4 Å². The molecule has 0 amide bonds. The number of rotatable bonds is 6. The van der Waals surface area contributed by atoms with E-state index in [-0.39, 0.29) is 17.1 Å². The molecular formula is C21H28O3Si. The molecule has 3 nitrogen and oxygen atoms in total. The van der Waals surface area contributed by atoms with Crippen LogP contribution in [0.5, 0.6) is 0 Å². The van der Waals surface area contributed by atoms with Crippen LogP contribution >= 0.6 is 0 Å². The lowest BCUT2D eigenvalue weighted by Gasteiger charge is -2.47. The summed E-state index contributed by atoms with van der Waals surface area (Å²) in [6.07, 6.45) is 0. The molecule has 1 aliphatic rings. The molecule has 0 atom stereocenters. The average Bonchev–Trinajstić information content (AvgIpc) is 2.58. The van der Waals surface area contributed by atoms with E-state index in [4.69, 9.17) is 9.16 Å². The highest BCUT2D eigenvalue weighted by molar-refractivity contribution is 6.99. The van der Waals surface area contributed by atoms with Crippen molar-refractivity contribution >= 4 is 18.7 Å². The van der Waals surface area contributed by atoms with Gasteiger partial charge >= 0.3 is 0 Å². The van der Waals surface area contributed by atoms with Gasteiger partial charge in [-0.05, 0) is 15.4 Å². The van der Waals surface area contributed by atoms with Gasteiger partial charge in [0.05, 0.1) is 25.2 Å². The van der Waals surface area contributed by atoms with Crippen molar-refractivity contribution in [2.45, 2.75) is 25.8 Å². The first kappa shape index (κ1) is 18.3. The SMILES string of the molecule is CC(C)(C)[Si](OCC1(CO)COC1)(c1ccccc1)c1ccccc1. The van der Waals surface area contributed by atoms with Crippen molar-refractivity contribution in [3.8, 4) is 0 Å². The smallest absolute Gasteiger partial charge is 0.261 e. The highest BCUT2D eigenvalue weighted by Crippen LogP contribution is 2.38. The van der Waals surface area contributed by atoms with Gasteiger partial charge in [-0.15, -0.1) is 0 Å². The lowest BCUT2D eigenvalue weighted by atomic mass is 9.88. The quantitative estimate of drug-likeness (QED) is 0.809. The molecule has 1 aliphatic heterocycles. The summed E-state index contributed by atoms with van der Waals surface area (Å²) in [5, 5.41) is 12.3. The van der Waals surface area contributed by atoms with Crippen molar-refractivity contribution in [1.82, 2.24) is 0 Å². The number of hydrogen-bond acceptors (Lipinski definition) is 3. The number of benzene rings is 2. The second kappa shape index (κ2) is 7.04. The van der Waals surface area contributed by atoms with Gasteiger partial charge in [-0.3, -0.25) is 0 Å². The fourth-order valence-electron chi connectivity index (χ4n) is 3.63. The van der Waals surface area contributed by atoms with E-state index in [0.717, 1.165) is 0 Å². The van der Waals surface area contributed by atoms with Crippen LogP contribution in [0, 0.1) is 5.41 Å². The highest BCUT2D eigenvalue weighted by Gasteiger charge is 2.52. The van der Waals surface area contributed by atoms with Crippen LogP contribution in [-0.4, -0.2) is 39.9 Å². The van der Waals surface area contributed by atoms with E-state index in [9.17, 15) is 5.11 Å². The average molecular weight is 357 g/mol. The Morgan fingerprint density at radius 1 is 0.960 bits per heavy atom. The van der Waals surface area contributed by atoms with E-state index < -0.39 is 8.32 Å². The van der Waals surface area contributed by atoms with Crippen molar-refractivity contribution in [3.63, 3.8) is 0 Å². The topological polar surface area (TPSA) is 38.7 Å². The fraction of sp³-hybridized carbons (Fsp3) is 0.429. The summed E-state index contributed by atoms with van der Waals surface area (Å²) in [5.74, 6) is 0. The molecule has 0 bridgehead atoms.